The van der Waals surface area contributed by atoms with Crippen LogP contribution in [-0.4, -0.2) is 10.7 Å². The van der Waals surface area contributed by atoms with Crippen LogP contribution >= 0.6 is 31.9 Å². The van der Waals surface area contributed by atoms with E-state index in [0.717, 1.165) is 10.7 Å². The lowest BCUT2D eigenvalue weighted by Crippen LogP contribution is -1.94. The van der Waals surface area contributed by atoms with Crippen LogP contribution in [0.5, 0.6) is 0 Å². The van der Waals surface area contributed by atoms with E-state index in [1.807, 2.05) is 0 Å². The van der Waals surface area contributed by atoms with Gasteiger partial charge in [-0.1, -0.05) is 31.9 Å². The van der Waals surface area contributed by atoms with Gasteiger partial charge in [0, 0.05) is 10.7 Å². The molecule has 0 rings (SSSR count). The summed E-state index contributed by atoms with van der Waals surface area (Å²) in [4.78, 5) is 0. The zero-order chi connectivity index (χ0) is 4.99. The SMILES string of the molecule is [CH2]C(CBr)CBr. The maximum absolute atomic E-state index is 3.78. The molecule has 0 saturated carbocycles. The predicted molar refractivity (Wildman–Crippen MR) is 36.4 cm³/mol. The molecule has 0 unspecified atom stereocenters. The lowest BCUT2D eigenvalue weighted by molar-refractivity contribution is 0.873. The Hall–Kier alpha value is 0.960. The summed E-state index contributed by atoms with van der Waals surface area (Å²) >= 11 is 6.56. The first-order valence-electron chi connectivity index (χ1n) is 1.76. The van der Waals surface area contributed by atoms with Gasteiger partial charge in [0.25, 0.3) is 0 Å². The highest BCUT2D eigenvalue weighted by Gasteiger charge is 1.91. The van der Waals surface area contributed by atoms with Crippen LogP contribution in [-0.2, 0) is 0 Å². The van der Waals surface area contributed by atoms with Crippen molar-refractivity contribution in [1.29, 1.82) is 0 Å². The quantitative estimate of drug-likeness (QED) is 0.619. The summed E-state index contributed by atoms with van der Waals surface area (Å²) < 4.78 is 0. The minimum atomic E-state index is 0.519. The van der Waals surface area contributed by atoms with Gasteiger partial charge in [0.15, 0.2) is 0 Å². The van der Waals surface area contributed by atoms with Crippen molar-refractivity contribution in [2.45, 2.75) is 0 Å². The van der Waals surface area contributed by atoms with Crippen LogP contribution in [0.3, 0.4) is 0 Å². The van der Waals surface area contributed by atoms with Gasteiger partial charge in [-0.15, -0.1) is 0 Å². The van der Waals surface area contributed by atoms with E-state index in [0.29, 0.717) is 5.92 Å². The molecular weight excluding hydrogens is 208 g/mol. The lowest BCUT2D eigenvalue weighted by Gasteiger charge is -1.95. The second kappa shape index (κ2) is 4.13. The highest BCUT2D eigenvalue weighted by Crippen LogP contribution is 2.01. The molecule has 0 bridgehead atoms. The second-order valence-corrected chi connectivity index (χ2v) is 2.47. The molecule has 0 aliphatic heterocycles. The van der Waals surface area contributed by atoms with E-state index in [-0.39, 0.29) is 0 Å². The molecule has 0 aromatic carbocycles. The Morgan fingerprint density at radius 1 is 1.33 bits per heavy atom. The van der Waals surface area contributed by atoms with Crippen molar-refractivity contribution in [2.75, 3.05) is 10.7 Å². The van der Waals surface area contributed by atoms with Crippen molar-refractivity contribution in [3.8, 4) is 0 Å². The number of halogens is 2. The van der Waals surface area contributed by atoms with Gasteiger partial charge >= 0.3 is 0 Å². The standard InChI is InChI=1S/C4H7Br2/c1-4(2-5)3-6/h4H,1-3H2. The molecule has 0 aliphatic rings. The third kappa shape index (κ3) is 3.16. The fourth-order valence-electron chi connectivity index (χ4n) is 0.0412. The Morgan fingerprint density at radius 2 is 1.67 bits per heavy atom. The lowest BCUT2D eigenvalue weighted by atomic mass is 10.3. The van der Waals surface area contributed by atoms with Crippen LogP contribution in [0, 0.1) is 12.8 Å². The largest absolute Gasteiger partial charge is 0.0925 e. The fraction of sp³-hybridized carbons (Fsp3) is 0.750. The number of rotatable bonds is 2. The highest BCUT2D eigenvalue weighted by molar-refractivity contribution is 9.09. The van der Waals surface area contributed by atoms with Crippen LogP contribution in [0.15, 0.2) is 0 Å². The Labute approximate surface area is 55.6 Å². The van der Waals surface area contributed by atoms with Crippen LogP contribution in [0.25, 0.3) is 0 Å². The molecule has 0 aliphatic carbocycles. The Morgan fingerprint density at radius 3 is 1.67 bits per heavy atom. The molecule has 6 heavy (non-hydrogen) atoms. The first-order valence-corrected chi connectivity index (χ1v) is 4.00. The Balaban J connectivity index is 2.75. The van der Waals surface area contributed by atoms with Crippen molar-refractivity contribution in [2.24, 2.45) is 5.92 Å². The summed E-state index contributed by atoms with van der Waals surface area (Å²) in [6.07, 6.45) is 0. The molecule has 2 heteroatoms. The molecular formula is C4H7Br2. The van der Waals surface area contributed by atoms with Crippen LogP contribution in [0.1, 0.15) is 0 Å². The predicted octanol–water partition coefficient (Wildman–Crippen LogP) is 2.23. The molecule has 0 amide bonds. The molecule has 0 aromatic heterocycles. The molecule has 0 aromatic rings. The van der Waals surface area contributed by atoms with Crippen LogP contribution < -0.4 is 0 Å². The fourth-order valence-corrected chi connectivity index (χ4v) is 1.11. The maximum Gasteiger partial charge on any atom is 0.00676 e. The summed E-state index contributed by atoms with van der Waals surface area (Å²) in [6, 6.07) is 0. The molecule has 0 atom stereocenters. The van der Waals surface area contributed by atoms with Crippen molar-refractivity contribution in [3.05, 3.63) is 6.92 Å². The summed E-state index contributed by atoms with van der Waals surface area (Å²) in [6.45, 7) is 3.78. The van der Waals surface area contributed by atoms with E-state index < -0.39 is 0 Å². The Bertz CT molecular complexity index is 24.7. The van der Waals surface area contributed by atoms with Gasteiger partial charge in [-0.05, 0) is 12.8 Å². The first kappa shape index (κ1) is 6.96. The van der Waals surface area contributed by atoms with Crippen LogP contribution in [0.4, 0.5) is 0 Å². The second-order valence-electron chi connectivity index (χ2n) is 1.17. The van der Waals surface area contributed by atoms with Crippen LogP contribution in [0.2, 0.25) is 0 Å². The summed E-state index contributed by atoms with van der Waals surface area (Å²) in [5.41, 5.74) is 0. The zero-order valence-electron chi connectivity index (χ0n) is 3.45. The molecule has 0 heterocycles. The van der Waals surface area contributed by atoms with E-state index >= 15 is 0 Å². The van der Waals surface area contributed by atoms with Gasteiger partial charge in [0.1, 0.15) is 0 Å². The van der Waals surface area contributed by atoms with E-state index in [9.17, 15) is 0 Å². The van der Waals surface area contributed by atoms with Gasteiger partial charge in [0.05, 0.1) is 0 Å². The summed E-state index contributed by atoms with van der Waals surface area (Å²) in [5, 5.41) is 1.97. The minimum Gasteiger partial charge on any atom is -0.0925 e. The van der Waals surface area contributed by atoms with Gasteiger partial charge in [-0.3, -0.25) is 0 Å². The summed E-state index contributed by atoms with van der Waals surface area (Å²) in [7, 11) is 0. The molecule has 0 N–H and O–H groups in total. The average molecular weight is 215 g/mol. The van der Waals surface area contributed by atoms with Crippen molar-refractivity contribution in [1.82, 2.24) is 0 Å². The average Bonchev–Trinajstić information content (AvgIpc) is 1.65. The highest BCUT2D eigenvalue weighted by atomic mass is 79.9. The third-order valence-electron chi connectivity index (χ3n) is 0.436. The van der Waals surface area contributed by atoms with Crippen molar-refractivity contribution >= 4 is 31.9 Å². The Kier molecular flexibility index (Phi) is 4.79. The monoisotopic (exact) mass is 213 g/mol. The molecule has 37 valence electrons. The number of hydrogen-bond donors (Lipinski definition) is 0. The molecule has 0 spiro atoms. The third-order valence-corrected chi connectivity index (χ3v) is 2.27. The molecule has 0 nitrogen and oxygen atoms in total. The molecule has 0 fully saturated rings. The number of hydrogen-bond acceptors (Lipinski definition) is 0. The van der Waals surface area contributed by atoms with E-state index in [2.05, 4.69) is 38.8 Å². The minimum absolute atomic E-state index is 0.519. The summed E-state index contributed by atoms with van der Waals surface area (Å²) in [5.74, 6) is 0.519. The van der Waals surface area contributed by atoms with Gasteiger partial charge in [0.2, 0.25) is 0 Å². The topological polar surface area (TPSA) is 0 Å². The van der Waals surface area contributed by atoms with E-state index in [1.165, 1.54) is 0 Å². The smallest absolute Gasteiger partial charge is 0.00676 e. The molecule has 1 radical (unpaired) electrons. The van der Waals surface area contributed by atoms with Gasteiger partial charge < -0.3 is 0 Å². The van der Waals surface area contributed by atoms with E-state index in [1.54, 1.807) is 0 Å². The van der Waals surface area contributed by atoms with Gasteiger partial charge in [-0.25, -0.2) is 0 Å². The number of alkyl halides is 2. The van der Waals surface area contributed by atoms with Crippen molar-refractivity contribution in [3.63, 3.8) is 0 Å². The van der Waals surface area contributed by atoms with Gasteiger partial charge in [-0.2, -0.15) is 0 Å². The van der Waals surface area contributed by atoms with E-state index in [4.69, 9.17) is 0 Å². The first-order chi connectivity index (χ1) is 2.81. The molecule has 0 saturated heterocycles. The maximum atomic E-state index is 3.78. The van der Waals surface area contributed by atoms with Crippen molar-refractivity contribution < 1.29 is 0 Å². The zero-order valence-corrected chi connectivity index (χ0v) is 6.63. The normalized spacial score (nSPS) is 10.0.